The molecule has 5 heteroatoms. The molecule has 1 aromatic carbocycles. The molecule has 2 rings (SSSR count). The van der Waals surface area contributed by atoms with Gasteiger partial charge in [0.15, 0.2) is 0 Å². The van der Waals surface area contributed by atoms with E-state index in [1.54, 1.807) is 13.2 Å². The van der Waals surface area contributed by atoms with Crippen LogP contribution in [0.25, 0.3) is 0 Å². The molecule has 0 spiro atoms. The third-order valence-corrected chi connectivity index (χ3v) is 2.71. The zero-order valence-corrected chi connectivity index (χ0v) is 11.1. The SMILES string of the molecule is COc1cc(NC(C)Cc2ccccc2)nc(N)n1. The summed E-state index contributed by atoms with van der Waals surface area (Å²) < 4.78 is 5.06. The van der Waals surface area contributed by atoms with Crippen molar-refractivity contribution in [2.45, 2.75) is 19.4 Å². The number of hydrogen-bond acceptors (Lipinski definition) is 5. The summed E-state index contributed by atoms with van der Waals surface area (Å²) in [5, 5.41) is 3.29. The van der Waals surface area contributed by atoms with E-state index in [9.17, 15) is 0 Å². The Morgan fingerprint density at radius 2 is 2.00 bits per heavy atom. The third-order valence-electron chi connectivity index (χ3n) is 2.71. The third kappa shape index (κ3) is 3.84. The number of ether oxygens (including phenoxy) is 1. The highest BCUT2D eigenvalue weighted by molar-refractivity contribution is 5.43. The first-order chi connectivity index (χ1) is 9.17. The van der Waals surface area contributed by atoms with Gasteiger partial charge in [0.05, 0.1) is 7.11 Å². The van der Waals surface area contributed by atoms with Crippen LogP contribution in [0.5, 0.6) is 5.88 Å². The minimum atomic E-state index is 0.203. The van der Waals surface area contributed by atoms with E-state index in [1.165, 1.54) is 5.56 Å². The second-order valence-corrected chi connectivity index (χ2v) is 4.39. The van der Waals surface area contributed by atoms with Gasteiger partial charge in [-0.25, -0.2) is 0 Å². The second-order valence-electron chi connectivity index (χ2n) is 4.39. The van der Waals surface area contributed by atoms with Crippen LogP contribution >= 0.6 is 0 Å². The molecule has 2 aromatic rings. The molecular weight excluding hydrogens is 240 g/mol. The molecule has 100 valence electrons. The Labute approximate surface area is 112 Å². The Kier molecular flexibility index (Phi) is 4.18. The highest BCUT2D eigenvalue weighted by atomic mass is 16.5. The quantitative estimate of drug-likeness (QED) is 0.859. The molecule has 0 saturated heterocycles. The van der Waals surface area contributed by atoms with Crippen molar-refractivity contribution in [1.29, 1.82) is 0 Å². The number of aromatic nitrogens is 2. The molecule has 0 radical (unpaired) electrons. The summed E-state index contributed by atoms with van der Waals surface area (Å²) >= 11 is 0. The largest absolute Gasteiger partial charge is 0.481 e. The first kappa shape index (κ1) is 13.1. The van der Waals surface area contributed by atoms with E-state index in [-0.39, 0.29) is 12.0 Å². The Morgan fingerprint density at radius 3 is 2.68 bits per heavy atom. The lowest BCUT2D eigenvalue weighted by molar-refractivity contribution is 0.398. The topological polar surface area (TPSA) is 73.1 Å². The summed E-state index contributed by atoms with van der Waals surface area (Å²) in [6.07, 6.45) is 0.910. The maximum absolute atomic E-state index is 5.62. The predicted octanol–water partition coefficient (Wildman–Crippen LogP) is 2.11. The summed E-state index contributed by atoms with van der Waals surface area (Å²) in [7, 11) is 1.55. The van der Waals surface area contributed by atoms with Crippen molar-refractivity contribution in [3.05, 3.63) is 42.0 Å². The van der Waals surface area contributed by atoms with Gasteiger partial charge >= 0.3 is 0 Å². The molecule has 0 aliphatic heterocycles. The van der Waals surface area contributed by atoms with Gasteiger partial charge in [0.25, 0.3) is 0 Å². The standard InChI is InChI=1S/C14H18N4O/c1-10(8-11-6-4-3-5-7-11)16-12-9-13(19-2)18-14(15)17-12/h3-7,9-10H,8H2,1-2H3,(H3,15,16,17,18). The van der Waals surface area contributed by atoms with E-state index in [2.05, 4.69) is 34.3 Å². The first-order valence-electron chi connectivity index (χ1n) is 6.16. The van der Waals surface area contributed by atoms with Crippen LogP contribution in [0.3, 0.4) is 0 Å². The van der Waals surface area contributed by atoms with E-state index >= 15 is 0 Å². The lowest BCUT2D eigenvalue weighted by atomic mass is 10.1. The Balaban J connectivity index is 2.02. The first-order valence-corrected chi connectivity index (χ1v) is 6.16. The molecule has 1 atom stereocenters. The molecule has 19 heavy (non-hydrogen) atoms. The molecule has 0 fully saturated rings. The predicted molar refractivity (Wildman–Crippen MR) is 76.2 cm³/mol. The van der Waals surface area contributed by atoms with Gasteiger partial charge in [0.1, 0.15) is 5.82 Å². The maximum atomic E-state index is 5.62. The second kappa shape index (κ2) is 6.04. The van der Waals surface area contributed by atoms with Gasteiger partial charge in [-0.3, -0.25) is 0 Å². The van der Waals surface area contributed by atoms with E-state index in [0.29, 0.717) is 11.7 Å². The number of nitrogens with one attached hydrogen (secondary N) is 1. The van der Waals surface area contributed by atoms with Crippen LogP contribution in [0.15, 0.2) is 36.4 Å². The normalized spacial score (nSPS) is 11.9. The minimum Gasteiger partial charge on any atom is -0.481 e. The Hall–Kier alpha value is -2.30. The fourth-order valence-corrected chi connectivity index (χ4v) is 1.89. The number of methoxy groups -OCH3 is 1. The molecule has 0 saturated carbocycles. The zero-order valence-electron chi connectivity index (χ0n) is 11.1. The van der Waals surface area contributed by atoms with Crippen molar-refractivity contribution >= 4 is 11.8 Å². The van der Waals surface area contributed by atoms with Gasteiger partial charge in [0.2, 0.25) is 11.8 Å². The van der Waals surface area contributed by atoms with Gasteiger partial charge < -0.3 is 15.8 Å². The lowest BCUT2D eigenvalue weighted by Crippen LogP contribution is -2.19. The number of nitrogens with zero attached hydrogens (tertiary/aromatic N) is 2. The number of rotatable bonds is 5. The zero-order chi connectivity index (χ0) is 13.7. The molecule has 0 aliphatic carbocycles. The number of nitrogen functional groups attached to an aromatic ring is 1. The van der Waals surface area contributed by atoms with Crippen LogP contribution in [0, 0.1) is 0 Å². The van der Waals surface area contributed by atoms with E-state index < -0.39 is 0 Å². The summed E-state index contributed by atoms with van der Waals surface area (Å²) in [5.74, 6) is 1.34. The minimum absolute atomic E-state index is 0.203. The van der Waals surface area contributed by atoms with Crippen LogP contribution < -0.4 is 15.8 Å². The van der Waals surface area contributed by atoms with E-state index in [4.69, 9.17) is 10.5 Å². The highest BCUT2D eigenvalue weighted by Crippen LogP contribution is 2.15. The summed E-state index contributed by atoms with van der Waals surface area (Å²) in [6.45, 7) is 2.10. The molecular formula is C14H18N4O. The molecule has 1 aromatic heterocycles. The monoisotopic (exact) mass is 258 g/mol. The smallest absolute Gasteiger partial charge is 0.225 e. The fraction of sp³-hybridized carbons (Fsp3) is 0.286. The van der Waals surface area contributed by atoms with Gasteiger partial charge in [-0.1, -0.05) is 30.3 Å². The Bertz CT molecular complexity index is 530. The van der Waals surface area contributed by atoms with Crippen molar-refractivity contribution < 1.29 is 4.74 Å². The number of nitrogens with two attached hydrogens (primary N) is 1. The van der Waals surface area contributed by atoms with Crippen molar-refractivity contribution in [3.8, 4) is 5.88 Å². The van der Waals surface area contributed by atoms with Gasteiger partial charge in [-0.2, -0.15) is 9.97 Å². The summed E-state index contributed by atoms with van der Waals surface area (Å²) in [4.78, 5) is 8.09. The molecule has 0 amide bonds. The molecule has 1 heterocycles. The lowest BCUT2D eigenvalue weighted by Gasteiger charge is -2.15. The summed E-state index contributed by atoms with van der Waals surface area (Å²) in [6, 6.07) is 12.3. The highest BCUT2D eigenvalue weighted by Gasteiger charge is 2.07. The molecule has 5 nitrogen and oxygen atoms in total. The van der Waals surface area contributed by atoms with Gasteiger partial charge in [-0.15, -0.1) is 0 Å². The van der Waals surface area contributed by atoms with Crippen molar-refractivity contribution in [1.82, 2.24) is 9.97 Å². The van der Waals surface area contributed by atoms with Crippen LogP contribution in [0.4, 0.5) is 11.8 Å². The Morgan fingerprint density at radius 1 is 1.26 bits per heavy atom. The van der Waals surface area contributed by atoms with Gasteiger partial charge in [0, 0.05) is 12.1 Å². The molecule has 3 N–H and O–H groups in total. The average Bonchev–Trinajstić information content (AvgIpc) is 2.38. The summed E-state index contributed by atoms with van der Waals surface area (Å²) in [5.41, 5.74) is 6.90. The van der Waals surface area contributed by atoms with Crippen LogP contribution in [0.2, 0.25) is 0 Å². The van der Waals surface area contributed by atoms with Crippen LogP contribution in [-0.2, 0) is 6.42 Å². The van der Waals surface area contributed by atoms with Crippen molar-refractivity contribution in [2.75, 3.05) is 18.2 Å². The molecule has 0 aliphatic rings. The van der Waals surface area contributed by atoms with Crippen molar-refractivity contribution in [2.24, 2.45) is 0 Å². The van der Waals surface area contributed by atoms with Crippen LogP contribution in [-0.4, -0.2) is 23.1 Å². The van der Waals surface area contributed by atoms with Crippen LogP contribution in [0.1, 0.15) is 12.5 Å². The number of hydrogen-bond donors (Lipinski definition) is 2. The van der Waals surface area contributed by atoms with E-state index in [0.717, 1.165) is 6.42 Å². The number of benzene rings is 1. The molecule has 1 unspecified atom stereocenters. The van der Waals surface area contributed by atoms with E-state index in [1.807, 2.05) is 18.2 Å². The molecule has 0 bridgehead atoms. The van der Waals surface area contributed by atoms with Gasteiger partial charge in [-0.05, 0) is 18.9 Å². The van der Waals surface area contributed by atoms with Crippen molar-refractivity contribution in [3.63, 3.8) is 0 Å². The number of anilines is 2. The average molecular weight is 258 g/mol. The maximum Gasteiger partial charge on any atom is 0.225 e. The fourth-order valence-electron chi connectivity index (χ4n) is 1.89.